The highest BCUT2D eigenvalue weighted by Gasteiger charge is 2.21. The molecule has 1 saturated heterocycles. The van der Waals surface area contributed by atoms with Crippen molar-refractivity contribution >= 4 is 11.8 Å². The molecule has 5 heteroatoms. The fourth-order valence-corrected chi connectivity index (χ4v) is 2.38. The number of ether oxygens (including phenoxy) is 1. The van der Waals surface area contributed by atoms with Gasteiger partial charge in [0.1, 0.15) is 5.82 Å². The summed E-state index contributed by atoms with van der Waals surface area (Å²) >= 11 is 0. The zero-order chi connectivity index (χ0) is 13.8. The molecule has 1 N–H and O–H groups in total. The van der Waals surface area contributed by atoms with E-state index in [1.165, 1.54) is 0 Å². The number of piperidine rings is 1. The Morgan fingerprint density at radius 1 is 1.58 bits per heavy atom. The number of aryl methyl sites for hydroxylation is 1. The van der Waals surface area contributed by atoms with Gasteiger partial charge in [0.25, 0.3) is 0 Å². The summed E-state index contributed by atoms with van der Waals surface area (Å²) in [5.41, 5.74) is 1.12. The van der Waals surface area contributed by atoms with Gasteiger partial charge in [0.2, 0.25) is 0 Å². The number of carboxylic acid groups (broad SMARTS) is 1. The van der Waals surface area contributed by atoms with E-state index in [4.69, 9.17) is 9.84 Å². The van der Waals surface area contributed by atoms with E-state index >= 15 is 0 Å². The molecule has 0 bridgehead atoms. The number of hydrogen-bond donors (Lipinski definition) is 1. The van der Waals surface area contributed by atoms with Gasteiger partial charge in [-0.15, -0.1) is 0 Å². The van der Waals surface area contributed by atoms with Crippen LogP contribution in [0.2, 0.25) is 0 Å². The van der Waals surface area contributed by atoms with Crippen LogP contribution in [0.3, 0.4) is 0 Å². The van der Waals surface area contributed by atoms with Crippen LogP contribution in [-0.4, -0.2) is 42.4 Å². The van der Waals surface area contributed by atoms with Crippen molar-refractivity contribution in [1.82, 2.24) is 4.98 Å². The summed E-state index contributed by atoms with van der Waals surface area (Å²) in [5, 5.41) is 9.15. The Labute approximate surface area is 113 Å². The van der Waals surface area contributed by atoms with Crippen LogP contribution in [0.1, 0.15) is 35.8 Å². The summed E-state index contributed by atoms with van der Waals surface area (Å²) < 4.78 is 5.39. The molecule has 1 unspecified atom stereocenters. The number of hydrogen-bond acceptors (Lipinski definition) is 4. The maximum atomic E-state index is 11.2. The molecule has 1 atom stereocenters. The molecule has 1 aromatic rings. The molecule has 1 aromatic heterocycles. The van der Waals surface area contributed by atoms with Crippen LogP contribution in [0, 0.1) is 0 Å². The number of aromatic nitrogens is 1. The minimum atomic E-state index is -0.904. The van der Waals surface area contributed by atoms with Crippen LogP contribution in [0.15, 0.2) is 12.1 Å². The number of carbonyl (C=O) groups is 1. The van der Waals surface area contributed by atoms with Crippen molar-refractivity contribution in [2.75, 3.05) is 25.1 Å². The molecule has 0 spiro atoms. The average molecular weight is 264 g/mol. The third kappa shape index (κ3) is 3.23. The van der Waals surface area contributed by atoms with Gasteiger partial charge in [-0.3, -0.25) is 0 Å². The number of pyridine rings is 1. The topological polar surface area (TPSA) is 62.7 Å². The molecule has 0 aromatic carbocycles. The van der Waals surface area contributed by atoms with Crippen molar-refractivity contribution < 1.29 is 14.6 Å². The van der Waals surface area contributed by atoms with Crippen LogP contribution in [0.25, 0.3) is 0 Å². The Morgan fingerprint density at radius 3 is 3.00 bits per heavy atom. The smallest absolute Gasteiger partial charge is 0.335 e. The standard InChI is InChI=1S/C14H20N2O3/c1-3-11-7-10(14(17)18)8-13(15-11)16-6-4-5-12(9-16)19-2/h7-8,12H,3-6,9H2,1-2H3,(H,17,18). The SMILES string of the molecule is CCc1cc(C(=O)O)cc(N2CCCC(OC)C2)n1. The fraction of sp³-hybridized carbons (Fsp3) is 0.571. The first-order valence-electron chi connectivity index (χ1n) is 6.66. The third-order valence-electron chi connectivity index (χ3n) is 3.51. The maximum Gasteiger partial charge on any atom is 0.335 e. The summed E-state index contributed by atoms with van der Waals surface area (Å²) in [5.74, 6) is -0.155. The second-order valence-electron chi connectivity index (χ2n) is 4.81. The van der Waals surface area contributed by atoms with Gasteiger partial charge in [-0.1, -0.05) is 6.92 Å². The van der Waals surface area contributed by atoms with Gasteiger partial charge in [-0.25, -0.2) is 9.78 Å². The lowest BCUT2D eigenvalue weighted by atomic mass is 10.1. The number of nitrogens with zero attached hydrogens (tertiary/aromatic N) is 2. The van der Waals surface area contributed by atoms with Crippen LogP contribution in [-0.2, 0) is 11.2 Å². The maximum absolute atomic E-state index is 11.2. The van der Waals surface area contributed by atoms with Gasteiger partial charge >= 0.3 is 5.97 Å². The van der Waals surface area contributed by atoms with Crippen LogP contribution < -0.4 is 4.90 Å². The minimum absolute atomic E-state index is 0.203. The minimum Gasteiger partial charge on any atom is -0.478 e. The van der Waals surface area contributed by atoms with Gasteiger partial charge < -0.3 is 14.7 Å². The number of aromatic carboxylic acids is 1. The normalized spacial score (nSPS) is 19.5. The van der Waals surface area contributed by atoms with Crippen molar-refractivity contribution in [1.29, 1.82) is 0 Å². The Morgan fingerprint density at radius 2 is 2.37 bits per heavy atom. The quantitative estimate of drug-likeness (QED) is 0.900. The molecule has 0 radical (unpaired) electrons. The van der Waals surface area contributed by atoms with Gasteiger partial charge in [0.05, 0.1) is 11.7 Å². The summed E-state index contributed by atoms with van der Waals surface area (Å²) in [4.78, 5) is 17.8. The van der Waals surface area contributed by atoms with Gasteiger partial charge in [0, 0.05) is 25.9 Å². The largest absolute Gasteiger partial charge is 0.478 e. The average Bonchev–Trinajstić information content (AvgIpc) is 2.46. The molecule has 1 aliphatic rings. The Kier molecular flexibility index (Phi) is 4.37. The zero-order valence-electron chi connectivity index (χ0n) is 11.4. The Bertz CT molecular complexity index is 462. The van der Waals surface area contributed by atoms with Crippen molar-refractivity contribution in [3.63, 3.8) is 0 Å². The predicted octanol–water partition coefficient (Wildman–Crippen LogP) is 1.96. The Hall–Kier alpha value is -1.62. The number of methoxy groups -OCH3 is 1. The molecule has 1 fully saturated rings. The third-order valence-corrected chi connectivity index (χ3v) is 3.51. The first-order chi connectivity index (χ1) is 9.13. The molecule has 0 aliphatic carbocycles. The van der Waals surface area contributed by atoms with E-state index in [9.17, 15) is 4.79 Å². The lowest BCUT2D eigenvalue weighted by Gasteiger charge is -2.33. The first-order valence-corrected chi connectivity index (χ1v) is 6.66. The molecule has 2 rings (SSSR count). The van der Waals surface area contributed by atoms with Crippen molar-refractivity contribution in [2.45, 2.75) is 32.3 Å². The monoisotopic (exact) mass is 264 g/mol. The van der Waals surface area contributed by atoms with E-state index in [-0.39, 0.29) is 6.10 Å². The lowest BCUT2D eigenvalue weighted by molar-refractivity contribution is 0.0696. The molecular weight excluding hydrogens is 244 g/mol. The van der Waals surface area contributed by atoms with E-state index in [2.05, 4.69) is 9.88 Å². The molecule has 104 valence electrons. The molecular formula is C14H20N2O3. The second kappa shape index (κ2) is 6.02. The molecule has 0 amide bonds. The highest BCUT2D eigenvalue weighted by molar-refractivity contribution is 5.88. The van der Waals surface area contributed by atoms with Gasteiger partial charge in [-0.05, 0) is 31.4 Å². The van der Waals surface area contributed by atoms with E-state index in [0.717, 1.165) is 43.9 Å². The second-order valence-corrected chi connectivity index (χ2v) is 4.81. The summed E-state index contributed by atoms with van der Waals surface area (Å²) in [6.45, 7) is 3.65. The van der Waals surface area contributed by atoms with Crippen LogP contribution >= 0.6 is 0 Å². The van der Waals surface area contributed by atoms with E-state index in [1.54, 1.807) is 19.2 Å². The first kappa shape index (κ1) is 13.8. The van der Waals surface area contributed by atoms with Gasteiger partial charge in [-0.2, -0.15) is 0 Å². The van der Waals surface area contributed by atoms with Crippen molar-refractivity contribution in [3.05, 3.63) is 23.4 Å². The number of anilines is 1. The predicted molar refractivity (Wildman–Crippen MR) is 72.8 cm³/mol. The summed E-state index contributed by atoms with van der Waals surface area (Å²) in [7, 11) is 1.72. The summed E-state index contributed by atoms with van der Waals surface area (Å²) in [6.07, 6.45) is 3.02. The van der Waals surface area contributed by atoms with Crippen molar-refractivity contribution in [3.8, 4) is 0 Å². The van der Waals surface area contributed by atoms with Crippen molar-refractivity contribution in [2.24, 2.45) is 0 Å². The molecule has 0 saturated carbocycles. The molecule has 1 aliphatic heterocycles. The van der Waals surface area contributed by atoms with E-state index in [0.29, 0.717) is 5.56 Å². The van der Waals surface area contributed by atoms with Crippen LogP contribution in [0.5, 0.6) is 0 Å². The number of rotatable bonds is 4. The number of carboxylic acids is 1. The van der Waals surface area contributed by atoms with Gasteiger partial charge in [0.15, 0.2) is 0 Å². The molecule has 5 nitrogen and oxygen atoms in total. The zero-order valence-corrected chi connectivity index (χ0v) is 11.4. The van der Waals surface area contributed by atoms with Crippen LogP contribution in [0.4, 0.5) is 5.82 Å². The fourth-order valence-electron chi connectivity index (χ4n) is 2.38. The molecule has 2 heterocycles. The molecule has 19 heavy (non-hydrogen) atoms. The highest BCUT2D eigenvalue weighted by atomic mass is 16.5. The lowest BCUT2D eigenvalue weighted by Crippen LogP contribution is -2.39. The highest BCUT2D eigenvalue weighted by Crippen LogP contribution is 2.21. The van der Waals surface area contributed by atoms with E-state index in [1.807, 2.05) is 6.92 Å². The summed E-state index contributed by atoms with van der Waals surface area (Å²) in [6, 6.07) is 3.29. The Balaban J connectivity index is 2.27. The van der Waals surface area contributed by atoms with E-state index < -0.39 is 5.97 Å².